The Kier molecular flexibility index (Phi) is 7.21. The second-order valence-corrected chi connectivity index (χ2v) is 6.92. The van der Waals surface area contributed by atoms with Crippen LogP contribution in [0.15, 0.2) is 29.2 Å². The predicted molar refractivity (Wildman–Crippen MR) is 85.7 cm³/mol. The van der Waals surface area contributed by atoms with Gasteiger partial charge < -0.3 is 5.32 Å². The lowest BCUT2D eigenvalue weighted by molar-refractivity contribution is -0.384. The Morgan fingerprint density at radius 2 is 2.00 bits per heavy atom. The molecule has 1 aliphatic rings. The summed E-state index contributed by atoms with van der Waals surface area (Å²) in [5, 5.41) is 13.8. The number of rotatable bonds is 6. The molecule has 1 saturated heterocycles. The zero-order valence-electron chi connectivity index (χ0n) is 12.0. The number of nitrogens with one attached hydrogen (secondary N) is 2. The first-order valence-electron chi connectivity index (χ1n) is 6.94. The summed E-state index contributed by atoms with van der Waals surface area (Å²) in [4.78, 5) is 10.0. The minimum atomic E-state index is -3.60. The highest BCUT2D eigenvalue weighted by Crippen LogP contribution is 2.17. The van der Waals surface area contributed by atoms with Gasteiger partial charge in [0.25, 0.3) is 5.69 Å². The van der Waals surface area contributed by atoms with Crippen LogP contribution in [-0.2, 0) is 10.0 Å². The highest BCUT2D eigenvalue weighted by Gasteiger charge is 2.17. The number of nitro benzene ring substituents is 1. The quantitative estimate of drug-likeness (QED) is 0.601. The van der Waals surface area contributed by atoms with Crippen LogP contribution in [0.1, 0.15) is 19.3 Å². The Morgan fingerprint density at radius 1 is 1.32 bits per heavy atom. The fraction of sp³-hybridized carbons (Fsp3) is 0.538. The fourth-order valence-corrected chi connectivity index (χ4v) is 3.45. The van der Waals surface area contributed by atoms with Gasteiger partial charge in [0, 0.05) is 18.7 Å². The number of piperidine rings is 1. The molecule has 0 radical (unpaired) electrons. The number of non-ortho nitro benzene ring substituents is 1. The molecule has 1 aromatic carbocycles. The molecule has 0 saturated carbocycles. The normalized spacial score (nSPS) is 18.5. The molecule has 2 rings (SSSR count). The van der Waals surface area contributed by atoms with Gasteiger partial charge in [-0.3, -0.25) is 10.1 Å². The van der Waals surface area contributed by atoms with Gasteiger partial charge in [0.05, 0.1) is 9.82 Å². The van der Waals surface area contributed by atoms with Crippen molar-refractivity contribution in [2.75, 3.05) is 19.6 Å². The van der Waals surface area contributed by atoms with E-state index in [-0.39, 0.29) is 23.0 Å². The van der Waals surface area contributed by atoms with Crippen LogP contribution in [0.3, 0.4) is 0 Å². The molecule has 124 valence electrons. The maximum Gasteiger partial charge on any atom is 0.269 e. The van der Waals surface area contributed by atoms with Crippen LogP contribution in [0.5, 0.6) is 0 Å². The van der Waals surface area contributed by atoms with Crippen molar-refractivity contribution >= 4 is 28.1 Å². The highest BCUT2D eigenvalue weighted by molar-refractivity contribution is 7.89. The van der Waals surface area contributed by atoms with Crippen LogP contribution in [0.2, 0.25) is 0 Å². The lowest BCUT2D eigenvalue weighted by Crippen LogP contribution is -2.33. The molecule has 2 N–H and O–H groups in total. The van der Waals surface area contributed by atoms with Crippen molar-refractivity contribution in [3.63, 3.8) is 0 Å². The van der Waals surface area contributed by atoms with Gasteiger partial charge in [0.1, 0.15) is 0 Å². The Hall–Kier alpha value is -1.22. The molecule has 1 aromatic rings. The van der Waals surface area contributed by atoms with Crippen molar-refractivity contribution in [3.05, 3.63) is 34.4 Å². The van der Waals surface area contributed by atoms with Crippen LogP contribution >= 0.6 is 12.4 Å². The molecule has 0 aromatic heterocycles. The van der Waals surface area contributed by atoms with Crippen LogP contribution in [0.25, 0.3) is 0 Å². The maximum atomic E-state index is 12.1. The third-order valence-electron chi connectivity index (χ3n) is 3.60. The molecule has 9 heteroatoms. The van der Waals surface area contributed by atoms with Gasteiger partial charge >= 0.3 is 0 Å². The molecule has 0 amide bonds. The molecule has 1 unspecified atom stereocenters. The zero-order chi connectivity index (χ0) is 15.3. The van der Waals surface area contributed by atoms with E-state index in [0.29, 0.717) is 12.5 Å². The molecular formula is C13H20ClN3O4S. The lowest BCUT2D eigenvalue weighted by Gasteiger charge is -2.22. The first-order valence-corrected chi connectivity index (χ1v) is 8.42. The van der Waals surface area contributed by atoms with Gasteiger partial charge in [-0.25, -0.2) is 13.1 Å². The summed E-state index contributed by atoms with van der Waals surface area (Å²) in [6.07, 6.45) is 3.03. The summed E-state index contributed by atoms with van der Waals surface area (Å²) < 4.78 is 26.7. The van der Waals surface area contributed by atoms with Crippen LogP contribution in [0, 0.1) is 16.0 Å². The number of nitro groups is 1. The molecule has 1 aliphatic heterocycles. The minimum Gasteiger partial charge on any atom is -0.316 e. The van der Waals surface area contributed by atoms with E-state index in [0.717, 1.165) is 32.4 Å². The van der Waals surface area contributed by atoms with Crippen molar-refractivity contribution in [1.29, 1.82) is 0 Å². The number of nitrogens with zero attached hydrogens (tertiary/aromatic N) is 1. The van der Waals surface area contributed by atoms with Crippen molar-refractivity contribution < 1.29 is 13.3 Å². The Labute approximate surface area is 136 Å². The van der Waals surface area contributed by atoms with Crippen molar-refractivity contribution in [2.45, 2.75) is 24.2 Å². The summed E-state index contributed by atoms with van der Waals surface area (Å²) in [5.41, 5.74) is -0.123. The number of hydrogen-bond acceptors (Lipinski definition) is 5. The Bertz CT molecular complexity index is 586. The molecule has 1 fully saturated rings. The van der Waals surface area contributed by atoms with Crippen molar-refractivity contribution in [2.24, 2.45) is 5.92 Å². The maximum absolute atomic E-state index is 12.1. The van der Waals surface area contributed by atoms with E-state index in [2.05, 4.69) is 10.0 Å². The van der Waals surface area contributed by atoms with E-state index in [9.17, 15) is 18.5 Å². The number of hydrogen-bond donors (Lipinski definition) is 2. The molecule has 0 aliphatic carbocycles. The van der Waals surface area contributed by atoms with E-state index >= 15 is 0 Å². The second kappa shape index (κ2) is 8.42. The van der Waals surface area contributed by atoms with Crippen LogP contribution in [-0.4, -0.2) is 33.0 Å². The molecule has 22 heavy (non-hydrogen) atoms. The summed E-state index contributed by atoms with van der Waals surface area (Å²) in [5.74, 6) is 0.498. The molecule has 1 heterocycles. The van der Waals surface area contributed by atoms with Gasteiger partial charge in [-0.05, 0) is 50.4 Å². The Balaban J connectivity index is 0.00000242. The van der Waals surface area contributed by atoms with Gasteiger partial charge in [-0.1, -0.05) is 0 Å². The minimum absolute atomic E-state index is 0. The second-order valence-electron chi connectivity index (χ2n) is 5.15. The van der Waals surface area contributed by atoms with Crippen LogP contribution < -0.4 is 10.0 Å². The average molecular weight is 350 g/mol. The fourth-order valence-electron chi connectivity index (χ4n) is 2.40. The van der Waals surface area contributed by atoms with Gasteiger partial charge in [-0.2, -0.15) is 0 Å². The van der Waals surface area contributed by atoms with Gasteiger partial charge in [-0.15, -0.1) is 12.4 Å². The van der Waals surface area contributed by atoms with Gasteiger partial charge in [0.2, 0.25) is 10.0 Å². The molecule has 0 spiro atoms. The first-order chi connectivity index (χ1) is 9.99. The van der Waals surface area contributed by atoms with E-state index < -0.39 is 14.9 Å². The van der Waals surface area contributed by atoms with E-state index in [1.807, 2.05) is 0 Å². The van der Waals surface area contributed by atoms with Crippen molar-refractivity contribution in [3.8, 4) is 0 Å². The largest absolute Gasteiger partial charge is 0.316 e. The number of halogens is 1. The number of benzene rings is 1. The SMILES string of the molecule is Cl.O=[N+]([O-])c1ccc(S(=O)(=O)NCCC2CCCNC2)cc1. The standard InChI is InChI=1S/C13H19N3O4S.ClH/c17-16(18)12-3-5-13(6-4-12)21(19,20)15-9-7-11-2-1-8-14-10-11;/h3-6,11,14-15H,1-2,7-10H2;1H. The monoisotopic (exact) mass is 349 g/mol. The molecule has 7 nitrogen and oxygen atoms in total. The summed E-state index contributed by atoms with van der Waals surface area (Å²) in [6, 6.07) is 4.89. The third-order valence-corrected chi connectivity index (χ3v) is 5.08. The molecule has 0 bridgehead atoms. The van der Waals surface area contributed by atoms with E-state index in [4.69, 9.17) is 0 Å². The smallest absolute Gasteiger partial charge is 0.269 e. The first kappa shape index (κ1) is 18.8. The topological polar surface area (TPSA) is 101 Å². The predicted octanol–water partition coefficient (Wildman–Crippen LogP) is 1.68. The van der Waals surface area contributed by atoms with Crippen molar-refractivity contribution in [1.82, 2.24) is 10.0 Å². The van der Waals surface area contributed by atoms with E-state index in [1.54, 1.807) is 0 Å². The van der Waals surface area contributed by atoms with Crippen LogP contribution in [0.4, 0.5) is 5.69 Å². The highest BCUT2D eigenvalue weighted by atomic mass is 35.5. The lowest BCUT2D eigenvalue weighted by atomic mass is 9.96. The molecule has 1 atom stereocenters. The Morgan fingerprint density at radius 3 is 2.55 bits per heavy atom. The van der Waals surface area contributed by atoms with Gasteiger partial charge in [0.15, 0.2) is 0 Å². The summed E-state index contributed by atoms with van der Waals surface area (Å²) in [7, 11) is -3.60. The average Bonchev–Trinajstić information content (AvgIpc) is 2.48. The number of sulfonamides is 1. The summed E-state index contributed by atoms with van der Waals surface area (Å²) >= 11 is 0. The molecular weight excluding hydrogens is 330 g/mol. The zero-order valence-corrected chi connectivity index (χ0v) is 13.7. The summed E-state index contributed by atoms with van der Waals surface area (Å²) in [6.45, 7) is 2.34. The van der Waals surface area contributed by atoms with E-state index in [1.165, 1.54) is 24.3 Å². The third kappa shape index (κ3) is 5.20.